The van der Waals surface area contributed by atoms with Gasteiger partial charge < -0.3 is 4.79 Å². The van der Waals surface area contributed by atoms with Crippen molar-refractivity contribution in [2.75, 3.05) is 0 Å². The minimum Gasteiger partial charge on any atom is -0.303 e. The number of rotatable bonds is 3. The normalized spacial score (nSPS) is 38.1. The third-order valence-electron chi connectivity index (χ3n) is 3.91. The van der Waals surface area contributed by atoms with E-state index < -0.39 is 0 Å². The molecule has 3 atom stereocenters. The molecule has 0 aromatic rings. The minimum absolute atomic E-state index is 0.0226. The molecule has 0 radical (unpaired) electrons. The van der Waals surface area contributed by atoms with E-state index in [-0.39, 0.29) is 5.41 Å². The first-order valence-corrected chi connectivity index (χ1v) is 5.13. The standard InChI is InChI=1S/C11H20O/c1-4-9(2)11(8-12)7-5-6-10(11)3/h8-10H,4-7H2,1-3H3. The fourth-order valence-corrected chi connectivity index (χ4v) is 2.63. The topological polar surface area (TPSA) is 17.1 Å². The quantitative estimate of drug-likeness (QED) is 0.592. The molecule has 0 spiro atoms. The first kappa shape index (κ1) is 9.76. The Balaban J connectivity index is 2.80. The van der Waals surface area contributed by atoms with Crippen molar-refractivity contribution in [3.8, 4) is 0 Å². The van der Waals surface area contributed by atoms with Crippen molar-refractivity contribution >= 4 is 6.29 Å². The van der Waals surface area contributed by atoms with Gasteiger partial charge in [-0.25, -0.2) is 0 Å². The molecule has 0 aliphatic heterocycles. The lowest BCUT2D eigenvalue weighted by Gasteiger charge is -2.33. The third kappa shape index (κ3) is 1.30. The fraction of sp³-hybridized carbons (Fsp3) is 0.909. The second-order valence-corrected chi connectivity index (χ2v) is 4.33. The van der Waals surface area contributed by atoms with E-state index in [2.05, 4.69) is 20.8 Å². The number of carbonyl (C=O) groups is 1. The Morgan fingerprint density at radius 1 is 1.67 bits per heavy atom. The number of carbonyl (C=O) groups excluding carboxylic acids is 1. The molecule has 1 nitrogen and oxygen atoms in total. The Kier molecular flexibility index (Phi) is 2.92. The molecule has 0 bridgehead atoms. The third-order valence-corrected chi connectivity index (χ3v) is 3.91. The Morgan fingerprint density at radius 2 is 2.33 bits per heavy atom. The van der Waals surface area contributed by atoms with E-state index in [0.29, 0.717) is 11.8 Å². The maximum Gasteiger partial charge on any atom is 0.126 e. The van der Waals surface area contributed by atoms with Gasteiger partial charge in [-0.05, 0) is 24.7 Å². The van der Waals surface area contributed by atoms with Crippen LogP contribution in [0.25, 0.3) is 0 Å². The number of aldehydes is 1. The van der Waals surface area contributed by atoms with Crippen molar-refractivity contribution in [2.45, 2.75) is 46.5 Å². The highest BCUT2D eigenvalue weighted by Crippen LogP contribution is 2.47. The van der Waals surface area contributed by atoms with Crippen molar-refractivity contribution in [3.63, 3.8) is 0 Å². The summed E-state index contributed by atoms with van der Waals surface area (Å²) in [6, 6.07) is 0. The van der Waals surface area contributed by atoms with Gasteiger partial charge in [-0.3, -0.25) is 0 Å². The zero-order valence-corrected chi connectivity index (χ0v) is 8.47. The van der Waals surface area contributed by atoms with Gasteiger partial charge >= 0.3 is 0 Å². The molecule has 1 saturated carbocycles. The lowest BCUT2D eigenvalue weighted by molar-refractivity contribution is -0.120. The highest BCUT2D eigenvalue weighted by Gasteiger charge is 2.43. The van der Waals surface area contributed by atoms with Gasteiger partial charge in [0.05, 0.1) is 0 Å². The van der Waals surface area contributed by atoms with Gasteiger partial charge in [0.25, 0.3) is 0 Å². The molecular formula is C11H20O. The molecule has 0 saturated heterocycles. The van der Waals surface area contributed by atoms with E-state index in [1.807, 2.05) is 0 Å². The van der Waals surface area contributed by atoms with Crippen molar-refractivity contribution in [2.24, 2.45) is 17.3 Å². The van der Waals surface area contributed by atoms with Crippen LogP contribution in [0.1, 0.15) is 46.5 Å². The van der Waals surface area contributed by atoms with Crippen LogP contribution < -0.4 is 0 Å². The summed E-state index contributed by atoms with van der Waals surface area (Å²) in [6.07, 6.45) is 5.96. The first-order valence-electron chi connectivity index (χ1n) is 5.13. The Hall–Kier alpha value is -0.330. The molecule has 1 aliphatic carbocycles. The zero-order chi connectivity index (χ0) is 9.19. The molecule has 0 N–H and O–H groups in total. The maximum absolute atomic E-state index is 11.1. The average Bonchev–Trinajstić information content (AvgIpc) is 2.46. The fourth-order valence-electron chi connectivity index (χ4n) is 2.63. The lowest BCUT2D eigenvalue weighted by atomic mass is 9.69. The van der Waals surface area contributed by atoms with Crippen molar-refractivity contribution in [1.82, 2.24) is 0 Å². The monoisotopic (exact) mass is 168 g/mol. The van der Waals surface area contributed by atoms with Crippen LogP contribution in [0.3, 0.4) is 0 Å². The van der Waals surface area contributed by atoms with Gasteiger partial charge in [0.15, 0.2) is 0 Å². The summed E-state index contributed by atoms with van der Waals surface area (Å²) >= 11 is 0. The van der Waals surface area contributed by atoms with Crippen LogP contribution in [-0.4, -0.2) is 6.29 Å². The van der Waals surface area contributed by atoms with Crippen LogP contribution in [-0.2, 0) is 4.79 Å². The smallest absolute Gasteiger partial charge is 0.126 e. The van der Waals surface area contributed by atoms with Crippen LogP contribution in [0.4, 0.5) is 0 Å². The number of hydrogen-bond acceptors (Lipinski definition) is 1. The Bertz CT molecular complexity index is 164. The lowest BCUT2D eigenvalue weighted by Crippen LogP contribution is -2.32. The molecule has 12 heavy (non-hydrogen) atoms. The Morgan fingerprint density at radius 3 is 2.67 bits per heavy atom. The van der Waals surface area contributed by atoms with Crippen molar-refractivity contribution < 1.29 is 4.79 Å². The molecule has 1 heteroatoms. The summed E-state index contributed by atoms with van der Waals surface area (Å²) in [4.78, 5) is 11.1. The van der Waals surface area contributed by atoms with Gasteiger partial charge in [-0.2, -0.15) is 0 Å². The SMILES string of the molecule is CCC(C)C1(C=O)CCCC1C. The van der Waals surface area contributed by atoms with E-state index in [4.69, 9.17) is 0 Å². The van der Waals surface area contributed by atoms with Crippen molar-refractivity contribution in [3.05, 3.63) is 0 Å². The van der Waals surface area contributed by atoms with Gasteiger partial charge in [-0.15, -0.1) is 0 Å². The van der Waals surface area contributed by atoms with Gasteiger partial charge in [-0.1, -0.05) is 33.6 Å². The minimum atomic E-state index is 0.0226. The van der Waals surface area contributed by atoms with Gasteiger partial charge in [0, 0.05) is 5.41 Å². The largest absolute Gasteiger partial charge is 0.303 e. The molecule has 70 valence electrons. The molecule has 0 heterocycles. The van der Waals surface area contributed by atoms with Crippen LogP contribution in [0.15, 0.2) is 0 Å². The van der Waals surface area contributed by atoms with Gasteiger partial charge in [0.1, 0.15) is 6.29 Å². The highest BCUT2D eigenvalue weighted by molar-refractivity contribution is 5.61. The summed E-state index contributed by atoms with van der Waals surface area (Å²) in [6.45, 7) is 6.63. The molecule has 1 fully saturated rings. The van der Waals surface area contributed by atoms with Crippen LogP contribution in [0.2, 0.25) is 0 Å². The predicted octanol–water partition coefficient (Wildman–Crippen LogP) is 3.04. The molecular weight excluding hydrogens is 148 g/mol. The van der Waals surface area contributed by atoms with Gasteiger partial charge in [0.2, 0.25) is 0 Å². The summed E-state index contributed by atoms with van der Waals surface area (Å²) in [5, 5.41) is 0. The molecule has 1 aliphatic rings. The molecule has 0 aromatic heterocycles. The van der Waals surface area contributed by atoms with Crippen LogP contribution in [0, 0.1) is 17.3 Å². The summed E-state index contributed by atoms with van der Waals surface area (Å²) < 4.78 is 0. The van der Waals surface area contributed by atoms with E-state index in [9.17, 15) is 4.79 Å². The van der Waals surface area contributed by atoms with E-state index in [1.165, 1.54) is 19.1 Å². The van der Waals surface area contributed by atoms with Crippen molar-refractivity contribution in [1.29, 1.82) is 0 Å². The zero-order valence-electron chi connectivity index (χ0n) is 8.47. The van der Waals surface area contributed by atoms with E-state index >= 15 is 0 Å². The number of hydrogen-bond donors (Lipinski definition) is 0. The predicted molar refractivity (Wildman–Crippen MR) is 51.0 cm³/mol. The summed E-state index contributed by atoms with van der Waals surface area (Å²) in [5.41, 5.74) is 0.0226. The maximum atomic E-state index is 11.1. The summed E-state index contributed by atoms with van der Waals surface area (Å²) in [7, 11) is 0. The Labute approximate surface area is 75.5 Å². The van der Waals surface area contributed by atoms with E-state index in [1.54, 1.807) is 0 Å². The molecule has 0 aromatic carbocycles. The highest BCUT2D eigenvalue weighted by atomic mass is 16.1. The van der Waals surface area contributed by atoms with E-state index in [0.717, 1.165) is 12.8 Å². The molecule has 0 amide bonds. The molecule has 1 rings (SSSR count). The summed E-state index contributed by atoms with van der Waals surface area (Å²) in [5.74, 6) is 1.16. The average molecular weight is 168 g/mol. The van der Waals surface area contributed by atoms with Crippen LogP contribution >= 0.6 is 0 Å². The first-order chi connectivity index (χ1) is 5.67. The second kappa shape index (κ2) is 3.59. The second-order valence-electron chi connectivity index (χ2n) is 4.33. The van der Waals surface area contributed by atoms with Crippen LogP contribution in [0.5, 0.6) is 0 Å². The molecule has 3 unspecified atom stereocenters.